The molecule has 0 saturated carbocycles. The smallest absolute Gasteiger partial charge is 0.270 e. The Hall–Kier alpha value is -2.47. The van der Waals surface area contributed by atoms with Crippen LogP contribution in [-0.4, -0.2) is 22.9 Å². The SMILES string of the molecule is CN(C(=O)c1ccc([N+](=O)[O-])cc1Cl)c1cccnc1. The van der Waals surface area contributed by atoms with Gasteiger partial charge in [0.05, 0.1) is 27.4 Å². The summed E-state index contributed by atoms with van der Waals surface area (Å²) in [6.07, 6.45) is 3.14. The van der Waals surface area contributed by atoms with Crippen LogP contribution in [0.4, 0.5) is 11.4 Å². The first kappa shape index (κ1) is 14.0. The Bertz CT molecular complexity index is 661. The van der Waals surface area contributed by atoms with Crippen LogP contribution in [-0.2, 0) is 0 Å². The average Bonchev–Trinajstić information content (AvgIpc) is 2.46. The van der Waals surface area contributed by atoms with Crippen molar-refractivity contribution in [1.82, 2.24) is 4.98 Å². The third-order valence-corrected chi connectivity index (χ3v) is 3.04. The van der Waals surface area contributed by atoms with E-state index in [4.69, 9.17) is 11.6 Å². The monoisotopic (exact) mass is 291 g/mol. The predicted octanol–water partition coefficient (Wildman–Crippen LogP) is 2.92. The molecule has 0 unspecified atom stereocenters. The summed E-state index contributed by atoms with van der Waals surface area (Å²) in [5.41, 5.74) is 0.645. The van der Waals surface area contributed by atoms with Crippen LogP contribution in [0.2, 0.25) is 5.02 Å². The average molecular weight is 292 g/mol. The molecule has 0 saturated heterocycles. The molecule has 0 aliphatic rings. The minimum Gasteiger partial charge on any atom is -0.310 e. The lowest BCUT2D eigenvalue weighted by Gasteiger charge is -2.17. The van der Waals surface area contributed by atoms with Crippen molar-refractivity contribution in [2.24, 2.45) is 0 Å². The van der Waals surface area contributed by atoms with E-state index in [9.17, 15) is 14.9 Å². The van der Waals surface area contributed by atoms with Gasteiger partial charge in [-0.15, -0.1) is 0 Å². The molecule has 1 heterocycles. The number of amides is 1. The van der Waals surface area contributed by atoms with Gasteiger partial charge in [-0.2, -0.15) is 0 Å². The summed E-state index contributed by atoms with van der Waals surface area (Å²) < 4.78 is 0. The van der Waals surface area contributed by atoms with Gasteiger partial charge >= 0.3 is 0 Å². The van der Waals surface area contributed by atoms with Gasteiger partial charge in [0.15, 0.2) is 0 Å². The number of nitro benzene ring substituents is 1. The fraction of sp³-hybridized carbons (Fsp3) is 0.0769. The highest BCUT2D eigenvalue weighted by Gasteiger charge is 2.19. The number of non-ortho nitro benzene ring substituents is 1. The third kappa shape index (κ3) is 2.75. The summed E-state index contributed by atoms with van der Waals surface area (Å²) in [4.78, 5) is 27.7. The maximum atomic E-state index is 12.3. The second-order valence-corrected chi connectivity index (χ2v) is 4.40. The predicted molar refractivity (Wildman–Crippen MR) is 75.1 cm³/mol. The van der Waals surface area contributed by atoms with Gasteiger partial charge in [0.2, 0.25) is 0 Å². The van der Waals surface area contributed by atoms with Crippen LogP contribution in [0.25, 0.3) is 0 Å². The molecule has 1 amide bonds. The number of halogens is 1. The number of nitrogens with zero attached hydrogens (tertiary/aromatic N) is 3. The number of rotatable bonds is 3. The van der Waals surface area contributed by atoms with Gasteiger partial charge in [-0.05, 0) is 18.2 Å². The number of nitro groups is 1. The highest BCUT2D eigenvalue weighted by Crippen LogP contribution is 2.24. The minimum atomic E-state index is -0.565. The molecular formula is C13H10ClN3O3. The van der Waals surface area contributed by atoms with Gasteiger partial charge in [0.25, 0.3) is 11.6 Å². The Morgan fingerprint density at radius 3 is 2.70 bits per heavy atom. The molecule has 0 radical (unpaired) electrons. The number of aromatic nitrogens is 1. The van der Waals surface area contributed by atoms with Crippen molar-refractivity contribution in [2.75, 3.05) is 11.9 Å². The molecule has 0 atom stereocenters. The highest BCUT2D eigenvalue weighted by molar-refractivity contribution is 6.34. The van der Waals surface area contributed by atoms with E-state index in [1.165, 1.54) is 23.2 Å². The molecule has 1 aromatic carbocycles. The Kier molecular flexibility index (Phi) is 3.95. The van der Waals surface area contributed by atoms with Gasteiger partial charge in [-0.1, -0.05) is 11.6 Å². The number of pyridine rings is 1. The van der Waals surface area contributed by atoms with Crippen LogP contribution in [0.5, 0.6) is 0 Å². The summed E-state index contributed by atoms with van der Waals surface area (Å²) >= 11 is 5.93. The Morgan fingerprint density at radius 2 is 2.15 bits per heavy atom. The van der Waals surface area contributed by atoms with Crippen LogP contribution in [0, 0.1) is 10.1 Å². The standard InChI is InChI=1S/C13H10ClN3O3/c1-16(10-3-2-6-15-8-10)13(18)11-5-4-9(17(19)20)7-12(11)14/h2-8H,1H3. The zero-order valence-corrected chi connectivity index (χ0v) is 11.2. The van der Waals surface area contributed by atoms with Gasteiger partial charge in [-0.3, -0.25) is 19.9 Å². The number of carbonyl (C=O) groups is 1. The lowest BCUT2D eigenvalue weighted by Crippen LogP contribution is -2.26. The number of anilines is 1. The highest BCUT2D eigenvalue weighted by atomic mass is 35.5. The number of hydrogen-bond acceptors (Lipinski definition) is 4. The molecule has 7 heteroatoms. The van der Waals surface area contributed by atoms with Crippen molar-refractivity contribution in [3.63, 3.8) is 0 Å². The van der Waals surface area contributed by atoms with E-state index in [2.05, 4.69) is 4.98 Å². The number of carbonyl (C=O) groups excluding carboxylic acids is 1. The zero-order chi connectivity index (χ0) is 14.7. The van der Waals surface area contributed by atoms with E-state index in [1.807, 2.05) is 0 Å². The van der Waals surface area contributed by atoms with Crippen LogP contribution in [0.3, 0.4) is 0 Å². The van der Waals surface area contributed by atoms with E-state index in [0.29, 0.717) is 5.69 Å². The van der Waals surface area contributed by atoms with E-state index in [0.717, 1.165) is 6.07 Å². The second kappa shape index (κ2) is 5.66. The van der Waals surface area contributed by atoms with Crippen molar-refractivity contribution < 1.29 is 9.72 Å². The molecule has 6 nitrogen and oxygen atoms in total. The van der Waals surface area contributed by atoms with Crippen molar-refractivity contribution in [3.8, 4) is 0 Å². The molecule has 0 fully saturated rings. The molecule has 0 bridgehead atoms. The topological polar surface area (TPSA) is 76.3 Å². The fourth-order valence-electron chi connectivity index (χ4n) is 1.64. The van der Waals surface area contributed by atoms with E-state index in [-0.39, 0.29) is 22.2 Å². The lowest BCUT2D eigenvalue weighted by molar-refractivity contribution is -0.384. The first-order chi connectivity index (χ1) is 9.50. The van der Waals surface area contributed by atoms with Crippen molar-refractivity contribution in [1.29, 1.82) is 0 Å². The molecule has 0 aliphatic carbocycles. The van der Waals surface area contributed by atoms with Gasteiger partial charge < -0.3 is 4.90 Å². The van der Waals surface area contributed by atoms with Gasteiger partial charge in [0, 0.05) is 25.4 Å². The third-order valence-electron chi connectivity index (χ3n) is 2.73. The summed E-state index contributed by atoms with van der Waals surface area (Å²) in [6.45, 7) is 0. The molecule has 0 N–H and O–H groups in total. The van der Waals surface area contributed by atoms with Crippen LogP contribution in [0.15, 0.2) is 42.7 Å². The molecule has 20 heavy (non-hydrogen) atoms. The first-order valence-electron chi connectivity index (χ1n) is 5.62. The van der Waals surface area contributed by atoms with Crippen LogP contribution >= 0.6 is 11.6 Å². The lowest BCUT2D eigenvalue weighted by atomic mass is 10.1. The van der Waals surface area contributed by atoms with Crippen molar-refractivity contribution in [3.05, 3.63) is 63.4 Å². The molecule has 1 aromatic heterocycles. The maximum Gasteiger partial charge on any atom is 0.270 e. The number of hydrogen-bond donors (Lipinski definition) is 0. The molecular weight excluding hydrogens is 282 g/mol. The number of benzene rings is 1. The molecule has 102 valence electrons. The van der Waals surface area contributed by atoms with Crippen LogP contribution in [0.1, 0.15) is 10.4 Å². The summed E-state index contributed by atoms with van der Waals surface area (Å²) in [5, 5.41) is 10.7. The Morgan fingerprint density at radius 1 is 1.40 bits per heavy atom. The van der Waals surface area contributed by atoms with Gasteiger partial charge in [-0.25, -0.2) is 0 Å². The van der Waals surface area contributed by atoms with Crippen molar-refractivity contribution >= 4 is 28.9 Å². The normalized spacial score (nSPS) is 10.1. The molecule has 0 aliphatic heterocycles. The summed E-state index contributed by atoms with van der Waals surface area (Å²) in [5.74, 6) is -0.363. The van der Waals surface area contributed by atoms with E-state index >= 15 is 0 Å². The second-order valence-electron chi connectivity index (χ2n) is 4.00. The first-order valence-corrected chi connectivity index (χ1v) is 6.00. The largest absolute Gasteiger partial charge is 0.310 e. The van der Waals surface area contributed by atoms with Crippen molar-refractivity contribution in [2.45, 2.75) is 0 Å². The van der Waals surface area contributed by atoms with Crippen LogP contribution < -0.4 is 4.90 Å². The zero-order valence-electron chi connectivity index (χ0n) is 10.5. The fourth-order valence-corrected chi connectivity index (χ4v) is 1.90. The molecule has 2 rings (SSSR count). The summed E-state index contributed by atoms with van der Waals surface area (Å²) in [7, 11) is 1.58. The summed E-state index contributed by atoms with van der Waals surface area (Å²) in [6, 6.07) is 7.18. The van der Waals surface area contributed by atoms with Gasteiger partial charge in [0.1, 0.15) is 0 Å². The Balaban J connectivity index is 2.32. The maximum absolute atomic E-state index is 12.3. The quantitative estimate of drug-likeness (QED) is 0.643. The van der Waals surface area contributed by atoms with E-state index < -0.39 is 4.92 Å². The minimum absolute atomic E-state index is 0.0416. The van der Waals surface area contributed by atoms with E-state index in [1.54, 1.807) is 25.4 Å². The Labute approximate surface area is 119 Å². The molecule has 2 aromatic rings. The molecule has 0 spiro atoms.